The molecule has 2 rings (SSSR count). The number of piperazine rings is 1. The maximum absolute atomic E-state index is 10.9. The van der Waals surface area contributed by atoms with Crippen LogP contribution in [-0.4, -0.2) is 53.7 Å². The molecule has 1 aliphatic heterocycles. The summed E-state index contributed by atoms with van der Waals surface area (Å²) in [5, 5.41) is 8.94. The highest BCUT2D eigenvalue weighted by atomic mass is 16.4. The molecule has 1 aromatic heterocycles. The highest BCUT2D eigenvalue weighted by Crippen LogP contribution is 2.22. The van der Waals surface area contributed by atoms with E-state index in [1.807, 2.05) is 6.92 Å². The molecule has 0 saturated carbocycles. The Labute approximate surface area is 107 Å². The molecule has 5 nitrogen and oxygen atoms in total. The summed E-state index contributed by atoms with van der Waals surface area (Å²) in [5.41, 5.74) is 1.17. The zero-order valence-corrected chi connectivity index (χ0v) is 11.1. The van der Waals surface area contributed by atoms with Crippen LogP contribution in [0.2, 0.25) is 0 Å². The molecule has 0 spiro atoms. The Morgan fingerprint density at radius 3 is 2.78 bits per heavy atom. The Kier molecular flexibility index (Phi) is 3.52. The van der Waals surface area contributed by atoms with Gasteiger partial charge in [-0.2, -0.15) is 0 Å². The lowest BCUT2D eigenvalue weighted by atomic mass is 10.1. The van der Waals surface area contributed by atoms with Crippen LogP contribution in [0.5, 0.6) is 0 Å². The molecule has 0 aromatic carbocycles. The van der Waals surface area contributed by atoms with Gasteiger partial charge in [0.1, 0.15) is 5.82 Å². The fourth-order valence-corrected chi connectivity index (χ4v) is 2.44. The molecule has 1 aromatic rings. The highest BCUT2D eigenvalue weighted by molar-refractivity contribution is 5.87. The molecule has 0 aliphatic carbocycles. The second-order valence-electron chi connectivity index (χ2n) is 4.97. The minimum absolute atomic E-state index is 0.248. The molecule has 1 unspecified atom stereocenters. The van der Waals surface area contributed by atoms with E-state index in [1.54, 1.807) is 6.07 Å². The van der Waals surface area contributed by atoms with Crippen molar-refractivity contribution >= 4 is 11.8 Å². The van der Waals surface area contributed by atoms with Gasteiger partial charge in [0.05, 0.1) is 5.56 Å². The topological polar surface area (TPSA) is 56.7 Å². The van der Waals surface area contributed by atoms with Crippen molar-refractivity contribution in [1.82, 2.24) is 9.88 Å². The van der Waals surface area contributed by atoms with Crippen LogP contribution < -0.4 is 4.90 Å². The van der Waals surface area contributed by atoms with Crippen LogP contribution in [0, 0.1) is 6.92 Å². The number of nitrogens with zero attached hydrogens (tertiary/aromatic N) is 3. The molecule has 1 atom stereocenters. The monoisotopic (exact) mass is 249 g/mol. The molecule has 1 saturated heterocycles. The number of rotatable bonds is 2. The Hall–Kier alpha value is -1.62. The van der Waals surface area contributed by atoms with Gasteiger partial charge in [-0.1, -0.05) is 0 Å². The number of aryl methyl sites for hydroxylation is 1. The summed E-state index contributed by atoms with van der Waals surface area (Å²) in [6, 6.07) is 2.08. The standard InChI is InChI=1S/C13H19N3O2/c1-9-6-11(13(17)18)7-14-12(9)16-5-4-15(3)8-10(16)2/h6-7,10H,4-5,8H2,1-3H3,(H,17,18). The van der Waals surface area contributed by atoms with Crippen molar-refractivity contribution in [2.24, 2.45) is 0 Å². The predicted octanol–water partition coefficient (Wildman–Crippen LogP) is 1.23. The summed E-state index contributed by atoms with van der Waals surface area (Å²) < 4.78 is 0. The Morgan fingerprint density at radius 2 is 2.22 bits per heavy atom. The number of carboxylic acids is 1. The van der Waals surface area contributed by atoms with Crippen molar-refractivity contribution in [1.29, 1.82) is 0 Å². The first kappa shape index (κ1) is 12.8. The molecule has 0 amide bonds. The number of carboxylic acid groups (broad SMARTS) is 1. The summed E-state index contributed by atoms with van der Waals surface area (Å²) in [6.45, 7) is 7.02. The average molecular weight is 249 g/mol. The van der Waals surface area contributed by atoms with Gasteiger partial charge in [-0.3, -0.25) is 0 Å². The van der Waals surface area contributed by atoms with Crippen molar-refractivity contribution in [3.05, 3.63) is 23.4 Å². The minimum Gasteiger partial charge on any atom is -0.478 e. The summed E-state index contributed by atoms with van der Waals surface area (Å²) in [7, 11) is 2.11. The number of hydrogen-bond donors (Lipinski definition) is 1. The van der Waals surface area contributed by atoms with Crippen molar-refractivity contribution in [2.75, 3.05) is 31.6 Å². The van der Waals surface area contributed by atoms with Gasteiger partial charge < -0.3 is 14.9 Å². The fourth-order valence-electron chi connectivity index (χ4n) is 2.44. The molecule has 1 N–H and O–H groups in total. The number of anilines is 1. The smallest absolute Gasteiger partial charge is 0.337 e. The van der Waals surface area contributed by atoms with Crippen LogP contribution in [0.25, 0.3) is 0 Å². The second-order valence-corrected chi connectivity index (χ2v) is 4.97. The second kappa shape index (κ2) is 4.94. The Bertz CT molecular complexity index is 462. The van der Waals surface area contributed by atoms with E-state index >= 15 is 0 Å². The van der Waals surface area contributed by atoms with Crippen molar-refractivity contribution in [2.45, 2.75) is 19.9 Å². The molecule has 0 bridgehead atoms. The Balaban J connectivity index is 2.26. The molecule has 2 heterocycles. The quantitative estimate of drug-likeness (QED) is 0.854. The summed E-state index contributed by atoms with van der Waals surface area (Å²) in [4.78, 5) is 19.8. The number of aromatic carboxylic acids is 1. The molecular formula is C13H19N3O2. The van der Waals surface area contributed by atoms with Gasteiger partial charge in [-0.25, -0.2) is 9.78 Å². The van der Waals surface area contributed by atoms with E-state index in [1.165, 1.54) is 6.20 Å². The van der Waals surface area contributed by atoms with E-state index in [2.05, 4.69) is 28.8 Å². The molecule has 18 heavy (non-hydrogen) atoms. The van der Waals surface area contributed by atoms with Crippen LogP contribution in [-0.2, 0) is 0 Å². The molecule has 98 valence electrons. The van der Waals surface area contributed by atoms with Crippen LogP contribution in [0.4, 0.5) is 5.82 Å². The maximum atomic E-state index is 10.9. The van der Waals surface area contributed by atoms with E-state index in [4.69, 9.17) is 5.11 Å². The number of likely N-dealkylation sites (N-methyl/N-ethyl adjacent to an activating group) is 1. The van der Waals surface area contributed by atoms with Gasteiger partial charge >= 0.3 is 5.97 Å². The van der Waals surface area contributed by atoms with Gasteiger partial charge in [0.2, 0.25) is 0 Å². The van der Waals surface area contributed by atoms with Crippen LogP contribution in [0.1, 0.15) is 22.8 Å². The summed E-state index contributed by atoms with van der Waals surface area (Å²) in [6.07, 6.45) is 1.44. The first-order valence-electron chi connectivity index (χ1n) is 6.14. The fraction of sp³-hybridized carbons (Fsp3) is 0.538. The summed E-state index contributed by atoms with van der Waals surface area (Å²) in [5.74, 6) is -0.0239. The molecule has 1 fully saturated rings. The maximum Gasteiger partial charge on any atom is 0.337 e. The third-order valence-electron chi connectivity index (χ3n) is 3.40. The summed E-state index contributed by atoms with van der Waals surface area (Å²) >= 11 is 0. The van der Waals surface area contributed by atoms with Gasteiger partial charge in [0.25, 0.3) is 0 Å². The minimum atomic E-state index is -0.927. The highest BCUT2D eigenvalue weighted by Gasteiger charge is 2.24. The van der Waals surface area contributed by atoms with Crippen LogP contribution >= 0.6 is 0 Å². The average Bonchev–Trinajstić information content (AvgIpc) is 2.30. The lowest BCUT2D eigenvalue weighted by Gasteiger charge is -2.39. The van der Waals surface area contributed by atoms with E-state index in [0.717, 1.165) is 31.0 Å². The first-order chi connectivity index (χ1) is 8.49. The van der Waals surface area contributed by atoms with Gasteiger partial charge in [0.15, 0.2) is 0 Å². The van der Waals surface area contributed by atoms with Gasteiger partial charge in [-0.05, 0) is 32.5 Å². The third-order valence-corrected chi connectivity index (χ3v) is 3.40. The molecule has 0 radical (unpaired) electrons. The third kappa shape index (κ3) is 2.46. The Morgan fingerprint density at radius 1 is 1.50 bits per heavy atom. The zero-order valence-electron chi connectivity index (χ0n) is 11.1. The van der Waals surface area contributed by atoms with E-state index in [-0.39, 0.29) is 5.56 Å². The molecule has 1 aliphatic rings. The molecular weight excluding hydrogens is 230 g/mol. The lowest BCUT2D eigenvalue weighted by Crippen LogP contribution is -2.51. The number of pyridine rings is 1. The van der Waals surface area contributed by atoms with Crippen LogP contribution in [0.15, 0.2) is 12.3 Å². The normalized spacial score (nSPS) is 21.1. The van der Waals surface area contributed by atoms with Crippen molar-refractivity contribution in [3.8, 4) is 0 Å². The number of carbonyl (C=O) groups is 1. The predicted molar refractivity (Wildman–Crippen MR) is 70.2 cm³/mol. The van der Waals surface area contributed by atoms with Crippen molar-refractivity contribution < 1.29 is 9.90 Å². The van der Waals surface area contributed by atoms with Gasteiger partial charge in [0, 0.05) is 31.9 Å². The van der Waals surface area contributed by atoms with Crippen LogP contribution in [0.3, 0.4) is 0 Å². The zero-order chi connectivity index (χ0) is 13.3. The van der Waals surface area contributed by atoms with E-state index in [9.17, 15) is 4.79 Å². The lowest BCUT2D eigenvalue weighted by molar-refractivity contribution is 0.0696. The largest absolute Gasteiger partial charge is 0.478 e. The number of aromatic nitrogens is 1. The van der Waals surface area contributed by atoms with Crippen molar-refractivity contribution in [3.63, 3.8) is 0 Å². The van der Waals surface area contributed by atoms with E-state index < -0.39 is 5.97 Å². The first-order valence-corrected chi connectivity index (χ1v) is 6.14. The van der Waals surface area contributed by atoms with Gasteiger partial charge in [-0.15, -0.1) is 0 Å². The van der Waals surface area contributed by atoms with E-state index in [0.29, 0.717) is 6.04 Å². The number of hydrogen-bond acceptors (Lipinski definition) is 4. The molecule has 5 heteroatoms. The SMILES string of the molecule is Cc1cc(C(=O)O)cnc1N1CCN(C)CC1C.